The standard InChI is InChI=1S/C7H15NO3/c1-3-7(11,6(9)10)5-8-4-2/h8,11H,3-5H2,1-2H3,(H,9,10). The first-order valence-corrected chi connectivity index (χ1v) is 3.73. The SMILES string of the molecule is CCNCC(O)(CC)C(=O)O. The van der Waals surface area contributed by atoms with E-state index < -0.39 is 11.6 Å². The van der Waals surface area contributed by atoms with E-state index in [-0.39, 0.29) is 13.0 Å². The predicted octanol–water partition coefficient (Wildman–Crippen LogP) is -0.178. The monoisotopic (exact) mass is 161 g/mol. The zero-order chi connectivity index (χ0) is 8.91. The zero-order valence-corrected chi connectivity index (χ0v) is 6.92. The second-order valence-corrected chi connectivity index (χ2v) is 2.47. The number of likely N-dealkylation sites (N-methyl/N-ethyl adjacent to an activating group) is 1. The molecule has 1 atom stereocenters. The summed E-state index contributed by atoms with van der Waals surface area (Å²) in [6, 6.07) is 0. The summed E-state index contributed by atoms with van der Waals surface area (Å²) in [4.78, 5) is 10.5. The highest BCUT2D eigenvalue weighted by molar-refractivity contribution is 5.77. The van der Waals surface area contributed by atoms with Gasteiger partial charge in [0, 0.05) is 6.54 Å². The van der Waals surface area contributed by atoms with Gasteiger partial charge in [-0.3, -0.25) is 0 Å². The summed E-state index contributed by atoms with van der Waals surface area (Å²) in [5.41, 5.74) is -1.60. The number of hydrogen-bond acceptors (Lipinski definition) is 3. The van der Waals surface area contributed by atoms with Crippen LogP contribution < -0.4 is 5.32 Å². The summed E-state index contributed by atoms with van der Waals surface area (Å²) < 4.78 is 0. The Bertz CT molecular complexity index is 138. The quantitative estimate of drug-likeness (QED) is 0.523. The highest BCUT2D eigenvalue weighted by Gasteiger charge is 2.32. The lowest BCUT2D eigenvalue weighted by Gasteiger charge is -2.21. The zero-order valence-electron chi connectivity index (χ0n) is 6.92. The van der Waals surface area contributed by atoms with Crippen LogP contribution in [0.1, 0.15) is 20.3 Å². The van der Waals surface area contributed by atoms with Gasteiger partial charge in [-0.05, 0) is 13.0 Å². The second-order valence-electron chi connectivity index (χ2n) is 2.47. The lowest BCUT2D eigenvalue weighted by atomic mass is 10.0. The number of aliphatic carboxylic acids is 1. The van der Waals surface area contributed by atoms with Crippen LogP contribution in [0.4, 0.5) is 0 Å². The first-order valence-electron chi connectivity index (χ1n) is 3.73. The molecule has 0 amide bonds. The summed E-state index contributed by atoms with van der Waals surface area (Å²) in [5.74, 6) is -1.17. The molecule has 0 bridgehead atoms. The van der Waals surface area contributed by atoms with E-state index in [0.29, 0.717) is 6.54 Å². The van der Waals surface area contributed by atoms with Gasteiger partial charge in [0.1, 0.15) is 0 Å². The van der Waals surface area contributed by atoms with Gasteiger partial charge >= 0.3 is 5.97 Å². The molecule has 0 aromatic rings. The van der Waals surface area contributed by atoms with Crippen molar-refractivity contribution in [3.63, 3.8) is 0 Å². The van der Waals surface area contributed by atoms with Crippen molar-refractivity contribution in [2.45, 2.75) is 25.9 Å². The average molecular weight is 161 g/mol. The minimum Gasteiger partial charge on any atom is -0.479 e. The number of carboxylic acid groups (broad SMARTS) is 1. The van der Waals surface area contributed by atoms with Crippen molar-refractivity contribution in [2.24, 2.45) is 0 Å². The molecule has 3 N–H and O–H groups in total. The van der Waals surface area contributed by atoms with Crippen LogP contribution in [0.5, 0.6) is 0 Å². The Labute approximate surface area is 66.2 Å². The van der Waals surface area contributed by atoms with Crippen LogP contribution in [0.25, 0.3) is 0 Å². The van der Waals surface area contributed by atoms with Gasteiger partial charge in [0.15, 0.2) is 5.60 Å². The third kappa shape index (κ3) is 2.86. The maximum Gasteiger partial charge on any atom is 0.337 e. The normalized spacial score (nSPS) is 15.9. The van der Waals surface area contributed by atoms with Crippen LogP contribution in [0, 0.1) is 0 Å². The number of aliphatic hydroxyl groups is 1. The number of rotatable bonds is 5. The maximum atomic E-state index is 10.5. The van der Waals surface area contributed by atoms with Crippen molar-refractivity contribution < 1.29 is 15.0 Å². The van der Waals surface area contributed by atoms with E-state index in [9.17, 15) is 9.90 Å². The molecule has 0 aromatic carbocycles. The number of carboxylic acids is 1. The summed E-state index contributed by atoms with van der Waals surface area (Å²) >= 11 is 0. The molecule has 0 saturated heterocycles. The van der Waals surface area contributed by atoms with Gasteiger partial charge in [-0.2, -0.15) is 0 Å². The molecule has 11 heavy (non-hydrogen) atoms. The molecule has 0 rings (SSSR count). The van der Waals surface area contributed by atoms with Crippen molar-refractivity contribution in [3.8, 4) is 0 Å². The molecule has 1 unspecified atom stereocenters. The van der Waals surface area contributed by atoms with Crippen molar-refractivity contribution in [1.29, 1.82) is 0 Å². The number of hydrogen-bond donors (Lipinski definition) is 3. The lowest BCUT2D eigenvalue weighted by molar-refractivity contribution is -0.158. The molecular weight excluding hydrogens is 146 g/mol. The van der Waals surface area contributed by atoms with Gasteiger partial charge in [0.2, 0.25) is 0 Å². The van der Waals surface area contributed by atoms with E-state index >= 15 is 0 Å². The van der Waals surface area contributed by atoms with Crippen LogP contribution in [0.3, 0.4) is 0 Å². The van der Waals surface area contributed by atoms with Gasteiger partial charge < -0.3 is 15.5 Å². The minimum atomic E-state index is -1.60. The van der Waals surface area contributed by atoms with E-state index in [2.05, 4.69) is 5.32 Å². The number of carbonyl (C=O) groups is 1. The molecule has 0 fully saturated rings. The molecule has 0 spiro atoms. The van der Waals surface area contributed by atoms with E-state index in [1.165, 1.54) is 0 Å². The summed E-state index contributed by atoms with van der Waals surface area (Å²) in [6.45, 7) is 4.27. The fourth-order valence-corrected chi connectivity index (χ4v) is 0.684. The van der Waals surface area contributed by atoms with Crippen molar-refractivity contribution in [1.82, 2.24) is 5.32 Å². The Kier molecular flexibility index (Phi) is 4.07. The third-order valence-corrected chi connectivity index (χ3v) is 1.65. The first-order chi connectivity index (χ1) is 5.06. The first kappa shape index (κ1) is 10.4. The summed E-state index contributed by atoms with van der Waals surface area (Å²) in [6.07, 6.45) is 0.218. The van der Waals surface area contributed by atoms with Crippen molar-refractivity contribution in [3.05, 3.63) is 0 Å². The summed E-state index contributed by atoms with van der Waals surface area (Å²) in [5, 5.41) is 20.7. The second kappa shape index (κ2) is 4.31. The van der Waals surface area contributed by atoms with Gasteiger partial charge in [0.25, 0.3) is 0 Å². The van der Waals surface area contributed by atoms with Crippen LogP contribution in [-0.2, 0) is 4.79 Å². The molecule has 0 heterocycles. The van der Waals surface area contributed by atoms with Gasteiger partial charge in [-0.25, -0.2) is 4.79 Å². The van der Waals surface area contributed by atoms with E-state index in [1.54, 1.807) is 6.92 Å². The van der Waals surface area contributed by atoms with E-state index in [0.717, 1.165) is 0 Å². The highest BCUT2D eigenvalue weighted by Crippen LogP contribution is 2.07. The predicted molar refractivity (Wildman–Crippen MR) is 41.4 cm³/mol. The Balaban J connectivity index is 3.99. The molecule has 0 aromatic heterocycles. The molecule has 4 heteroatoms. The number of nitrogens with one attached hydrogen (secondary N) is 1. The molecule has 4 nitrogen and oxygen atoms in total. The van der Waals surface area contributed by atoms with E-state index in [4.69, 9.17) is 5.11 Å². The minimum absolute atomic E-state index is 0.106. The molecule has 66 valence electrons. The van der Waals surface area contributed by atoms with Gasteiger partial charge in [0.05, 0.1) is 0 Å². The van der Waals surface area contributed by atoms with Crippen molar-refractivity contribution >= 4 is 5.97 Å². The Morgan fingerprint density at radius 3 is 2.36 bits per heavy atom. The Hall–Kier alpha value is -0.610. The van der Waals surface area contributed by atoms with Crippen LogP contribution >= 0.6 is 0 Å². The lowest BCUT2D eigenvalue weighted by Crippen LogP contribution is -2.46. The average Bonchev–Trinajstić information content (AvgIpc) is 2.00. The summed E-state index contributed by atoms with van der Waals surface area (Å²) in [7, 11) is 0. The highest BCUT2D eigenvalue weighted by atomic mass is 16.4. The Morgan fingerprint density at radius 2 is 2.09 bits per heavy atom. The molecule has 0 aliphatic rings. The van der Waals surface area contributed by atoms with Crippen LogP contribution in [0.15, 0.2) is 0 Å². The third-order valence-electron chi connectivity index (χ3n) is 1.65. The van der Waals surface area contributed by atoms with Crippen LogP contribution in [-0.4, -0.2) is 34.9 Å². The molecule has 0 aliphatic carbocycles. The topological polar surface area (TPSA) is 69.6 Å². The Morgan fingerprint density at radius 1 is 1.55 bits per heavy atom. The smallest absolute Gasteiger partial charge is 0.337 e. The fraction of sp³-hybridized carbons (Fsp3) is 0.857. The van der Waals surface area contributed by atoms with Crippen LogP contribution in [0.2, 0.25) is 0 Å². The van der Waals surface area contributed by atoms with Crippen molar-refractivity contribution in [2.75, 3.05) is 13.1 Å². The molecular formula is C7H15NO3. The van der Waals surface area contributed by atoms with Gasteiger partial charge in [-0.15, -0.1) is 0 Å². The fourth-order valence-electron chi connectivity index (χ4n) is 0.684. The molecule has 0 radical (unpaired) electrons. The maximum absolute atomic E-state index is 10.5. The molecule has 0 saturated carbocycles. The molecule has 0 aliphatic heterocycles. The largest absolute Gasteiger partial charge is 0.479 e. The van der Waals surface area contributed by atoms with Gasteiger partial charge in [-0.1, -0.05) is 13.8 Å². The van der Waals surface area contributed by atoms with E-state index in [1.807, 2.05) is 6.92 Å².